The fourth-order valence-electron chi connectivity index (χ4n) is 5.50. The van der Waals surface area contributed by atoms with Gasteiger partial charge >= 0.3 is 0 Å². The summed E-state index contributed by atoms with van der Waals surface area (Å²) in [6, 6.07) is 3.05. The van der Waals surface area contributed by atoms with Crippen LogP contribution in [0.25, 0.3) is 0 Å². The first-order valence-corrected chi connectivity index (χ1v) is 13.1. The first-order valence-electron chi connectivity index (χ1n) is 13.1. The second kappa shape index (κ2) is 11.8. The van der Waals surface area contributed by atoms with E-state index in [1.54, 1.807) is 0 Å². The molecule has 1 amide bonds. The number of nitrogens with one attached hydrogen (secondary N) is 1. The number of aromatic nitrogens is 2. The maximum atomic E-state index is 12.3. The number of carbonyl (C=O) groups excluding carboxylic acids is 1. The van der Waals surface area contributed by atoms with Gasteiger partial charge in [-0.2, -0.15) is 4.98 Å². The number of hydrogen-bond donors (Lipinski definition) is 1. The molecule has 0 radical (unpaired) electrons. The summed E-state index contributed by atoms with van der Waals surface area (Å²) in [5, 5.41) is 3.64. The molecular weight excluding hydrogens is 400 g/mol. The molecular formula is C25H42N6O. The maximum absolute atomic E-state index is 12.3. The quantitative estimate of drug-likeness (QED) is 0.691. The van der Waals surface area contributed by atoms with E-state index in [0.29, 0.717) is 24.4 Å². The van der Waals surface area contributed by atoms with E-state index in [1.807, 2.05) is 6.20 Å². The minimum absolute atomic E-state index is 0.352. The average molecular weight is 443 g/mol. The fraction of sp³-hybridized carbons (Fsp3) is 0.800. The number of likely N-dealkylation sites (tertiary alicyclic amines) is 2. The molecule has 1 unspecified atom stereocenters. The van der Waals surface area contributed by atoms with Gasteiger partial charge in [0, 0.05) is 57.4 Å². The molecule has 0 aromatic carbocycles. The molecule has 0 aliphatic carbocycles. The number of nitrogens with zero attached hydrogens (tertiary/aromatic N) is 5. The van der Waals surface area contributed by atoms with Gasteiger partial charge in [0.15, 0.2) is 0 Å². The van der Waals surface area contributed by atoms with Crippen LogP contribution in [0.4, 0.5) is 11.8 Å². The topological polar surface area (TPSA) is 64.6 Å². The van der Waals surface area contributed by atoms with Gasteiger partial charge in [-0.15, -0.1) is 0 Å². The lowest BCUT2D eigenvalue weighted by atomic mass is 9.97. The van der Waals surface area contributed by atoms with Crippen LogP contribution in [0.2, 0.25) is 0 Å². The largest absolute Gasteiger partial charge is 0.356 e. The van der Waals surface area contributed by atoms with E-state index < -0.39 is 0 Å². The molecule has 0 spiro atoms. The molecule has 178 valence electrons. The molecule has 7 heteroatoms. The Labute approximate surface area is 194 Å². The lowest BCUT2D eigenvalue weighted by Crippen LogP contribution is -2.51. The second-order valence-corrected chi connectivity index (χ2v) is 9.83. The molecule has 3 aliphatic heterocycles. The van der Waals surface area contributed by atoms with Crippen LogP contribution in [-0.2, 0) is 4.79 Å². The van der Waals surface area contributed by atoms with E-state index >= 15 is 0 Å². The molecule has 0 bridgehead atoms. The first-order chi connectivity index (χ1) is 15.7. The predicted molar refractivity (Wildman–Crippen MR) is 130 cm³/mol. The number of hydrogen-bond acceptors (Lipinski definition) is 6. The summed E-state index contributed by atoms with van der Waals surface area (Å²) < 4.78 is 0. The van der Waals surface area contributed by atoms with Gasteiger partial charge in [-0.05, 0) is 57.6 Å². The van der Waals surface area contributed by atoms with Gasteiger partial charge in [0.05, 0.1) is 0 Å². The third-order valence-corrected chi connectivity index (χ3v) is 7.43. The highest BCUT2D eigenvalue weighted by atomic mass is 16.2. The summed E-state index contributed by atoms with van der Waals surface area (Å²) in [4.78, 5) is 28.9. The Bertz CT molecular complexity index is 712. The molecule has 1 N–H and O–H groups in total. The molecule has 1 aromatic rings. The molecule has 32 heavy (non-hydrogen) atoms. The average Bonchev–Trinajstić information content (AvgIpc) is 3.13. The number of amides is 1. The third kappa shape index (κ3) is 6.33. The van der Waals surface area contributed by atoms with E-state index in [2.05, 4.69) is 38.0 Å². The number of unbranched alkanes of at least 4 members (excludes halogenated alkanes) is 1. The number of carbonyl (C=O) groups is 1. The van der Waals surface area contributed by atoms with Crippen LogP contribution < -0.4 is 10.2 Å². The molecule has 3 saturated heterocycles. The zero-order valence-corrected chi connectivity index (χ0v) is 20.0. The Kier molecular flexibility index (Phi) is 8.60. The highest BCUT2D eigenvalue weighted by Gasteiger charge is 2.30. The van der Waals surface area contributed by atoms with Gasteiger partial charge in [-0.3, -0.25) is 9.69 Å². The van der Waals surface area contributed by atoms with E-state index in [4.69, 9.17) is 4.98 Å². The molecule has 3 fully saturated rings. The van der Waals surface area contributed by atoms with Crippen molar-refractivity contribution in [3.63, 3.8) is 0 Å². The summed E-state index contributed by atoms with van der Waals surface area (Å²) in [6.45, 7) is 8.41. The molecule has 3 aliphatic rings. The Morgan fingerprint density at radius 2 is 1.81 bits per heavy atom. The van der Waals surface area contributed by atoms with Gasteiger partial charge in [-0.25, -0.2) is 4.98 Å². The molecule has 4 rings (SSSR count). The van der Waals surface area contributed by atoms with Crippen LogP contribution in [0.15, 0.2) is 12.3 Å². The third-order valence-electron chi connectivity index (χ3n) is 7.43. The zero-order chi connectivity index (χ0) is 22.2. The van der Waals surface area contributed by atoms with Gasteiger partial charge < -0.3 is 15.1 Å². The van der Waals surface area contributed by atoms with Crippen molar-refractivity contribution >= 4 is 17.7 Å². The van der Waals surface area contributed by atoms with Crippen molar-refractivity contribution in [3.8, 4) is 0 Å². The van der Waals surface area contributed by atoms with E-state index in [1.165, 1.54) is 45.1 Å². The minimum atomic E-state index is 0.352. The standard InChI is InChI=1S/C25H42N6O/c1-2-3-10-24(32)30-18-12-22(13-19-30)31-17-8-9-21(20-31)27-25-26-14-11-23(28-25)29-15-6-4-5-7-16-29/h11,14,21-22H,2-10,12-13,15-20H2,1H3,(H,26,27,28). The zero-order valence-electron chi connectivity index (χ0n) is 20.0. The Balaban J connectivity index is 1.27. The van der Waals surface area contributed by atoms with Crippen LogP contribution >= 0.6 is 0 Å². The van der Waals surface area contributed by atoms with Gasteiger partial charge in [0.2, 0.25) is 11.9 Å². The highest BCUT2D eigenvalue weighted by Crippen LogP contribution is 2.24. The molecule has 0 saturated carbocycles. The minimum Gasteiger partial charge on any atom is -0.356 e. The summed E-state index contributed by atoms with van der Waals surface area (Å²) in [6.07, 6.45) is 14.5. The van der Waals surface area contributed by atoms with E-state index in [9.17, 15) is 4.79 Å². The van der Waals surface area contributed by atoms with Crippen molar-refractivity contribution in [2.75, 3.05) is 49.5 Å². The number of rotatable bonds is 7. The smallest absolute Gasteiger partial charge is 0.224 e. The Morgan fingerprint density at radius 3 is 2.56 bits per heavy atom. The van der Waals surface area contributed by atoms with Gasteiger partial charge in [0.25, 0.3) is 0 Å². The van der Waals surface area contributed by atoms with Gasteiger partial charge in [0.1, 0.15) is 5.82 Å². The van der Waals surface area contributed by atoms with Crippen LogP contribution in [0.3, 0.4) is 0 Å². The maximum Gasteiger partial charge on any atom is 0.224 e. The van der Waals surface area contributed by atoms with Crippen molar-refractivity contribution in [1.29, 1.82) is 0 Å². The highest BCUT2D eigenvalue weighted by molar-refractivity contribution is 5.76. The summed E-state index contributed by atoms with van der Waals surface area (Å²) in [7, 11) is 0. The van der Waals surface area contributed by atoms with Crippen LogP contribution in [0.1, 0.15) is 77.6 Å². The lowest BCUT2D eigenvalue weighted by Gasteiger charge is -2.42. The number of anilines is 2. The SMILES string of the molecule is CCCCC(=O)N1CCC(N2CCCC(Nc3nccc(N4CCCCCC4)n3)C2)CC1. The monoisotopic (exact) mass is 442 g/mol. The van der Waals surface area contributed by atoms with Crippen molar-refractivity contribution in [1.82, 2.24) is 19.8 Å². The number of piperidine rings is 2. The first kappa shape index (κ1) is 23.3. The normalized spacial score (nSPS) is 23.7. The van der Waals surface area contributed by atoms with Crippen LogP contribution in [0.5, 0.6) is 0 Å². The fourth-order valence-corrected chi connectivity index (χ4v) is 5.50. The molecule has 1 atom stereocenters. The van der Waals surface area contributed by atoms with E-state index in [0.717, 1.165) is 70.2 Å². The molecule has 4 heterocycles. The summed E-state index contributed by atoms with van der Waals surface area (Å²) in [5.74, 6) is 2.19. The van der Waals surface area contributed by atoms with Crippen molar-refractivity contribution < 1.29 is 4.79 Å². The van der Waals surface area contributed by atoms with Crippen molar-refractivity contribution in [3.05, 3.63) is 12.3 Å². The van der Waals surface area contributed by atoms with Crippen LogP contribution in [0, 0.1) is 0 Å². The van der Waals surface area contributed by atoms with Crippen LogP contribution in [-0.4, -0.2) is 77.0 Å². The Hall–Kier alpha value is -1.89. The second-order valence-electron chi connectivity index (χ2n) is 9.83. The van der Waals surface area contributed by atoms with Crippen molar-refractivity contribution in [2.45, 2.75) is 89.6 Å². The van der Waals surface area contributed by atoms with E-state index in [-0.39, 0.29) is 0 Å². The predicted octanol–water partition coefficient (Wildman–Crippen LogP) is 3.91. The van der Waals surface area contributed by atoms with Crippen molar-refractivity contribution in [2.24, 2.45) is 0 Å². The summed E-state index contributed by atoms with van der Waals surface area (Å²) >= 11 is 0. The molecule has 7 nitrogen and oxygen atoms in total. The Morgan fingerprint density at radius 1 is 1.03 bits per heavy atom. The lowest BCUT2D eigenvalue weighted by molar-refractivity contribution is -0.133. The molecule has 1 aromatic heterocycles. The van der Waals surface area contributed by atoms with Gasteiger partial charge in [-0.1, -0.05) is 26.2 Å². The summed E-state index contributed by atoms with van der Waals surface area (Å²) in [5.41, 5.74) is 0.